The maximum Gasteiger partial charge on any atom is 0.248 e. The maximum absolute atomic E-state index is 12.6. The van der Waals surface area contributed by atoms with Crippen LogP contribution in [0.2, 0.25) is 0 Å². The van der Waals surface area contributed by atoms with Crippen molar-refractivity contribution in [3.63, 3.8) is 0 Å². The van der Waals surface area contributed by atoms with Gasteiger partial charge < -0.3 is 19.8 Å². The Morgan fingerprint density at radius 2 is 2.16 bits per heavy atom. The number of carbonyl (C=O) groups excluding carboxylic acids is 1. The predicted octanol–water partition coefficient (Wildman–Crippen LogP) is 3.29. The van der Waals surface area contributed by atoms with Crippen molar-refractivity contribution in [3.8, 4) is 11.5 Å². The maximum atomic E-state index is 12.6. The number of hydrogen-bond acceptors (Lipinski definition) is 4. The lowest BCUT2D eigenvalue weighted by atomic mass is 9.80. The van der Waals surface area contributed by atoms with E-state index >= 15 is 0 Å². The van der Waals surface area contributed by atoms with E-state index in [-0.39, 0.29) is 23.6 Å². The molecular weight excluding hydrogens is 318 g/mol. The van der Waals surface area contributed by atoms with Gasteiger partial charge in [-0.25, -0.2) is 0 Å². The van der Waals surface area contributed by atoms with Crippen molar-refractivity contribution in [2.45, 2.75) is 32.9 Å². The van der Waals surface area contributed by atoms with E-state index in [4.69, 9.17) is 4.74 Å². The van der Waals surface area contributed by atoms with E-state index in [0.29, 0.717) is 30.6 Å². The zero-order chi connectivity index (χ0) is 18.0. The second-order valence-electron chi connectivity index (χ2n) is 6.94. The summed E-state index contributed by atoms with van der Waals surface area (Å²) in [6.45, 7) is 5.47. The van der Waals surface area contributed by atoms with Gasteiger partial charge in [0.15, 0.2) is 0 Å². The van der Waals surface area contributed by atoms with Gasteiger partial charge >= 0.3 is 0 Å². The van der Waals surface area contributed by atoms with Crippen LogP contribution >= 0.6 is 0 Å². The Kier molecular flexibility index (Phi) is 5.13. The van der Waals surface area contributed by atoms with Crippen LogP contribution in [0.3, 0.4) is 0 Å². The third-order valence-corrected chi connectivity index (χ3v) is 5.09. The molecule has 1 aromatic carbocycles. The summed E-state index contributed by atoms with van der Waals surface area (Å²) in [5.74, 6) is 0.514. The van der Waals surface area contributed by atoms with E-state index in [1.165, 1.54) is 23.8 Å². The lowest BCUT2D eigenvalue weighted by Crippen LogP contribution is -2.42. The Morgan fingerprint density at radius 1 is 1.36 bits per heavy atom. The molecule has 1 aliphatic heterocycles. The average Bonchev–Trinajstić information content (AvgIpc) is 3.03. The second-order valence-corrected chi connectivity index (χ2v) is 6.94. The van der Waals surface area contributed by atoms with E-state index in [2.05, 4.69) is 19.9 Å². The highest BCUT2D eigenvalue weighted by atomic mass is 16.5. The van der Waals surface area contributed by atoms with Crippen LogP contribution in [-0.4, -0.2) is 40.4 Å². The van der Waals surface area contributed by atoms with E-state index in [1.54, 1.807) is 17.0 Å². The van der Waals surface area contributed by atoms with Gasteiger partial charge in [0, 0.05) is 30.2 Å². The number of rotatable bonds is 3. The van der Waals surface area contributed by atoms with Crippen LogP contribution in [0.25, 0.3) is 6.08 Å². The normalized spacial score (nSPS) is 26.9. The minimum atomic E-state index is -0.190. The molecule has 134 valence electrons. The third-order valence-electron chi connectivity index (χ3n) is 5.09. The van der Waals surface area contributed by atoms with Crippen molar-refractivity contribution in [2.75, 3.05) is 13.2 Å². The largest absolute Gasteiger partial charge is 0.508 e. The number of amides is 1. The van der Waals surface area contributed by atoms with Gasteiger partial charge in [0.25, 0.3) is 0 Å². The van der Waals surface area contributed by atoms with Crippen LogP contribution in [0.5, 0.6) is 11.5 Å². The monoisotopic (exact) mass is 343 g/mol. The quantitative estimate of drug-likeness (QED) is 0.653. The fourth-order valence-corrected chi connectivity index (χ4v) is 3.72. The second kappa shape index (κ2) is 7.31. The standard InChI is InChI=1S/C20H25NO4/c1-13-3-7-17(14(2)11-13)20-21(9-10-25-20)19(24)8-5-15-4-6-16(22)12-18(15)23/h4-6,8,11-12,14,17,20,22-23H,3,7,9-10H2,1-2H3/b8-5+. The summed E-state index contributed by atoms with van der Waals surface area (Å²) in [5, 5.41) is 19.1. The number of nitrogens with zero attached hydrogens (tertiary/aromatic N) is 1. The molecule has 0 aromatic heterocycles. The molecule has 3 unspecified atom stereocenters. The summed E-state index contributed by atoms with van der Waals surface area (Å²) in [6, 6.07) is 4.30. The molecule has 3 atom stereocenters. The first-order chi connectivity index (χ1) is 12.0. The van der Waals surface area contributed by atoms with Crippen molar-refractivity contribution in [1.82, 2.24) is 4.90 Å². The summed E-state index contributed by atoms with van der Waals surface area (Å²) < 4.78 is 5.88. The number of allylic oxidation sites excluding steroid dienone is 2. The van der Waals surface area contributed by atoms with Crippen LogP contribution in [0.4, 0.5) is 0 Å². The lowest BCUT2D eigenvalue weighted by molar-refractivity contribution is -0.134. The number of carbonyl (C=O) groups is 1. The molecule has 1 aromatic rings. The molecule has 3 rings (SSSR count). The van der Waals surface area contributed by atoms with Crippen molar-refractivity contribution in [2.24, 2.45) is 11.8 Å². The average molecular weight is 343 g/mol. The molecule has 1 fully saturated rings. The molecule has 5 nitrogen and oxygen atoms in total. The molecule has 1 saturated heterocycles. The molecular formula is C20H25NO4. The van der Waals surface area contributed by atoms with Gasteiger partial charge in [0.05, 0.1) is 6.61 Å². The van der Waals surface area contributed by atoms with E-state index in [1.807, 2.05) is 0 Å². The third kappa shape index (κ3) is 3.87. The minimum Gasteiger partial charge on any atom is -0.508 e. The molecule has 0 saturated carbocycles. The molecule has 0 radical (unpaired) electrons. The molecule has 0 bridgehead atoms. The first-order valence-electron chi connectivity index (χ1n) is 8.75. The van der Waals surface area contributed by atoms with Crippen LogP contribution in [-0.2, 0) is 9.53 Å². The highest BCUT2D eigenvalue weighted by molar-refractivity contribution is 5.92. The van der Waals surface area contributed by atoms with Crippen LogP contribution in [0.1, 0.15) is 32.3 Å². The highest BCUT2D eigenvalue weighted by Crippen LogP contribution is 2.35. The fourth-order valence-electron chi connectivity index (χ4n) is 3.72. The van der Waals surface area contributed by atoms with Gasteiger partial charge in [-0.15, -0.1) is 0 Å². The molecule has 1 aliphatic carbocycles. The van der Waals surface area contributed by atoms with Gasteiger partial charge in [0.1, 0.15) is 17.7 Å². The number of ether oxygens (including phenoxy) is 1. The van der Waals surface area contributed by atoms with Gasteiger partial charge in [-0.3, -0.25) is 4.79 Å². The molecule has 2 N–H and O–H groups in total. The fraction of sp³-hybridized carbons (Fsp3) is 0.450. The smallest absolute Gasteiger partial charge is 0.248 e. The van der Waals surface area contributed by atoms with Crippen molar-refractivity contribution in [3.05, 3.63) is 41.5 Å². The number of benzene rings is 1. The zero-order valence-corrected chi connectivity index (χ0v) is 14.7. The molecule has 1 heterocycles. The SMILES string of the molecule is CC1=CC(C)C(C2OCCN2C(=O)/C=C/c2ccc(O)cc2O)CC1. The van der Waals surface area contributed by atoms with Crippen molar-refractivity contribution < 1.29 is 19.7 Å². The Bertz CT molecular complexity index is 710. The molecule has 25 heavy (non-hydrogen) atoms. The Hall–Kier alpha value is -2.27. The lowest BCUT2D eigenvalue weighted by Gasteiger charge is -2.35. The molecule has 2 aliphatic rings. The zero-order valence-electron chi connectivity index (χ0n) is 14.7. The highest BCUT2D eigenvalue weighted by Gasteiger charge is 2.38. The first kappa shape index (κ1) is 17.5. The van der Waals surface area contributed by atoms with Crippen LogP contribution in [0.15, 0.2) is 35.9 Å². The van der Waals surface area contributed by atoms with E-state index < -0.39 is 0 Å². The number of aromatic hydroxyl groups is 2. The number of phenols is 2. The van der Waals surface area contributed by atoms with E-state index in [0.717, 1.165) is 12.8 Å². The topological polar surface area (TPSA) is 70.0 Å². The Labute approximate surface area is 148 Å². The molecule has 0 spiro atoms. The minimum absolute atomic E-state index is 0.0105. The van der Waals surface area contributed by atoms with Gasteiger partial charge in [-0.2, -0.15) is 0 Å². The van der Waals surface area contributed by atoms with Crippen molar-refractivity contribution in [1.29, 1.82) is 0 Å². The van der Waals surface area contributed by atoms with Crippen LogP contribution in [0, 0.1) is 11.8 Å². The van der Waals surface area contributed by atoms with Crippen LogP contribution < -0.4 is 0 Å². The Balaban J connectivity index is 1.71. The Morgan fingerprint density at radius 3 is 2.88 bits per heavy atom. The number of phenolic OH excluding ortho intramolecular Hbond substituents is 2. The summed E-state index contributed by atoms with van der Waals surface area (Å²) in [7, 11) is 0. The van der Waals surface area contributed by atoms with Crippen molar-refractivity contribution >= 4 is 12.0 Å². The van der Waals surface area contributed by atoms with Gasteiger partial charge in [-0.1, -0.05) is 18.6 Å². The summed E-state index contributed by atoms with van der Waals surface area (Å²) in [6.07, 6.45) is 7.20. The summed E-state index contributed by atoms with van der Waals surface area (Å²) >= 11 is 0. The van der Waals surface area contributed by atoms with Gasteiger partial charge in [0.2, 0.25) is 5.91 Å². The first-order valence-corrected chi connectivity index (χ1v) is 8.75. The van der Waals surface area contributed by atoms with E-state index in [9.17, 15) is 15.0 Å². The summed E-state index contributed by atoms with van der Waals surface area (Å²) in [5.41, 5.74) is 1.90. The predicted molar refractivity (Wildman–Crippen MR) is 95.9 cm³/mol. The molecule has 5 heteroatoms. The molecule has 1 amide bonds. The summed E-state index contributed by atoms with van der Waals surface area (Å²) in [4.78, 5) is 14.4. The van der Waals surface area contributed by atoms with Gasteiger partial charge in [-0.05, 0) is 43.9 Å². The number of hydrogen-bond donors (Lipinski definition) is 2.